The van der Waals surface area contributed by atoms with Crippen molar-refractivity contribution in [2.45, 2.75) is 52.2 Å². The predicted octanol–water partition coefficient (Wildman–Crippen LogP) is 2.40. The number of guanidine groups is 1. The van der Waals surface area contributed by atoms with Crippen molar-refractivity contribution in [1.29, 1.82) is 0 Å². The lowest BCUT2D eigenvalue weighted by Crippen LogP contribution is -2.69. The first-order valence-electron chi connectivity index (χ1n) is 8.10. The van der Waals surface area contributed by atoms with Crippen molar-refractivity contribution in [2.24, 2.45) is 16.3 Å². The molecule has 2 fully saturated rings. The molecule has 1 saturated carbocycles. The van der Waals surface area contributed by atoms with E-state index in [0.717, 1.165) is 45.1 Å². The van der Waals surface area contributed by atoms with Crippen LogP contribution in [-0.4, -0.2) is 51.0 Å². The van der Waals surface area contributed by atoms with Gasteiger partial charge in [0.1, 0.15) is 0 Å². The van der Waals surface area contributed by atoms with E-state index in [-0.39, 0.29) is 35.0 Å². The van der Waals surface area contributed by atoms with E-state index in [4.69, 9.17) is 14.5 Å². The lowest BCUT2D eigenvalue weighted by Gasteiger charge is -2.59. The first kappa shape index (κ1) is 20.0. The molecule has 3 atom stereocenters. The fourth-order valence-corrected chi connectivity index (χ4v) is 3.16. The van der Waals surface area contributed by atoms with E-state index in [9.17, 15) is 0 Å². The minimum absolute atomic E-state index is 0. The summed E-state index contributed by atoms with van der Waals surface area (Å²) in [6, 6.07) is 0.389. The first-order chi connectivity index (χ1) is 9.93. The molecule has 1 aliphatic heterocycles. The molecule has 1 heterocycles. The maximum atomic E-state index is 5.69. The molecular formula is C16H32IN3O2. The van der Waals surface area contributed by atoms with Crippen LogP contribution in [-0.2, 0) is 9.47 Å². The monoisotopic (exact) mass is 425 g/mol. The number of aliphatic imine (C=N–C) groups is 1. The minimum Gasteiger partial charge on any atom is -0.381 e. The molecule has 2 aliphatic rings. The predicted molar refractivity (Wildman–Crippen MR) is 101 cm³/mol. The number of nitrogens with one attached hydrogen (secondary N) is 2. The minimum atomic E-state index is -0.0543. The zero-order chi connectivity index (χ0) is 15.5. The van der Waals surface area contributed by atoms with Crippen molar-refractivity contribution in [1.82, 2.24) is 10.6 Å². The standard InChI is InChI=1S/C16H31N3O2.HI/c1-6-17-14(18-10-12-7-8-21-11-12)19-13-9-16(4,20-5)15(13,2)3;/h12-13H,6-11H2,1-5H3,(H2,17,18,19);1H. The molecular weight excluding hydrogens is 393 g/mol. The van der Waals surface area contributed by atoms with Gasteiger partial charge in [-0.15, -0.1) is 24.0 Å². The molecule has 0 radical (unpaired) electrons. The molecule has 0 aromatic heterocycles. The molecule has 2 N–H and O–H groups in total. The highest BCUT2D eigenvalue weighted by Gasteiger charge is 2.58. The number of methoxy groups -OCH3 is 1. The summed E-state index contributed by atoms with van der Waals surface area (Å²) in [5.74, 6) is 1.49. The van der Waals surface area contributed by atoms with Crippen LogP contribution < -0.4 is 10.6 Å². The summed E-state index contributed by atoms with van der Waals surface area (Å²) in [6.45, 7) is 12.2. The first-order valence-corrected chi connectivity index (χ1v) is 8.10. The second-order valence-corrected chi connectivity index (χ2v) is 7.01. The van der Waals surface area contributed by atoms with E-state index in [2.05, 4.69) is 38.3 Å². The number of nitrogens with zero attached hydrogens (tertiary/aromatic N) is 1. The maximum absolute atomic E-state index is 5.69. The molecule has 6 heteroatoms. The largest absolute Gasteiger partial charge is 0.381 e. The topological polar surface area (TPSA) is 54.9 Å². The smallest absolute Gasteiger partial charge is 0.191 e. The van der Waals surface area contributed by atoms with Crippen LogP contribution in [0.3, 0.4) is 0 Å². The van der Waals surface area contributed by atoms with Crippen LogP contribution >= 0.6 is 24.0 Å². The Morgan fingerprint density at radius 2 is 2.09 bits per heavy atom. The van der Waals surface area contributed by atoms with Crippen molar-refractivity contribution in [2.75, 3.05) is 33.4 Å². The number of halogens is 1. The van der Waals surface area contributed by atoms with Crippen molar-refractivity contribution in [3.8, 4) is 0 Å². The summed E-state index contributed by atoms with van der Waals surface area (Å²) in [6.07, 6.45) is 2.13. The molecule has 0 aromatic carbocycles. The van der Waals surface area contributed by atoms with Gasteiger partial charge in [0.15, 0.2) is 5.96 Å². The Labute approximate surface area is 152 Å². The molecule has 22 heavy (non-hydrogen) atoms. The highest BCUT2D eigenvalue weighted by molar-refractivity contribution is 14.0. The van der Waals surface area contributed by atoms with E-state index >= 15 is 0 Å². The molecule has 1 saturated heterocycles. The second-order valence-electron chi connectivity index (χ2n) is 7.01. The average molecular weight is 425 g/mol. The summed E-state index contributed by atoms with van der Waals surface area (Å²) >= 11 is 0. The zero-order valence-electron chi connectivity index (χ0n) is 14.6. The Balaban J connectivity index is 0.00000242. The van der Waals surface area contributed by atoms with Gasteiger partial charge < -0.3 is 20.1 Å². The van der Waals surface area contributed by atoms with Gasteiger partial charge in [-0.3, -0.25) is 4.99 Å². The SMILES string of the molecule is CCNC(=NCC1CCOC1)NC1CC(C)(OC)C1(C)C.I. The third-order valence-electron chi connectivity index (χ3n) is 5.47. The molecule has 0 spiro atoms. The summed E-state index contributed by atoms with van der Waals surface area (Å²) in [4.78, 5) is 4.73. The van der Waals surface area contributed by atoms with Crippen LogP contribution in [0.2, 0.25) is 0 Å². The highest BCUT2D eigenvalue weighted by atomic mass is 127. The average Bonchev–Trinajstić information content (AvgIpc) is 2.97. The van der Waals surface area contributed by atoms with E-state index in [1.165, 1.54) is 0 Å². The summed E-state index contributed by atoms with van der Waals surface area (Å²) in [5, 5.41) is 6.92. The quantitative estimate of drug-likeness (QED) is 0.404. The highest BCUT2D eigenvalue weighted by Crippen LogP contribution is 2.51. The second kappa shape index (κ2) is 8.15. The summed E-state index contributed by atoms with van der Waals surface area (Å²) < 4.78 is 11.1. The molecule has 130 valence electrons. The molecule has 0 aromatic rings. The van der Waals surface area contributed by atoms with Gasteiger partial charge in [0.25, 0.3) is 0 Å². The maximum Gasteiger partial charge on any atom is 0.191 e. The van der Waals surface area contributed by atoms with Crippen molar-refractivity contribution >= 4 is 29.9 Å². The van der Waals surface area contributed by atoms with E-state index < -0.39 is 0 Å². The van der Waals surface area contributed by atoms with E-state index in [1.54, 1.807) is 7.11 Å². The van der Waals surface area contributed by atoms with Crippen LogP contribution in [0.4, 0.5) is 0 Å². The molecule has 3 unspecified atom stereocenters. The zero-order valence-corrected chi connectivity index (χ0v) is 16.9. The van der Waals surface area contributed by atoms with Crippen LogP contribution in [0.15, 0.2) is 4.99 Å². The lowest BCUT2D eigenvalue weighted by molar-refractivity contribution is -0.176. The Bertz CT molecular complexity index is 384. The Morgan fingerprint density at radius 3 is 2.59 bits per heavy atom. The van der Waals surface area contributed by atoms with Crippen molar-refractivity contribution in [3.05, 3.63) is 0 Å². The number of hydrogen-bond acceptors (Lipinski definition) is 3. The number of hydrogen-bond donors (Lipinski definition) is 2. The number of ether oxygens (including phenoxy) is 2. The molecule has 5 nitrogen and oxygen atoms in total. The third kappa shape index (κ3) is 4.06. The molecule has 1 aliphatic carbocycles. The number of rotatable bonds is 5. The van der Waals surface area contributed by atoms with Gasteiger partial charge in [-0.2, -0.15) is 0 Å². The fraction of sp³-hybridized carbons (Fsp3) is 0.938. The molecule has 0 bridgehead atoms. The van der Waals surface area contributed by atoms with E-state index in [1.807, 2.05) is 0 Å². The summed E-state index contributed by atoms with van der Waals surface area (Å²) in [7, 11) is 1.80. The fourth-order valence-electron chi connectivity index (χ4n) is 3.16. The van der Waals surface area contributed by atoms with Crippen molar-refractivity contribution in [3.63, 3.8) is 0 Å². The van der Waals surface area contributed by atoms with Gasteiger partial charge in [-0.05, 0) is 26.7 Å². The van der Waals surface area contributed by atoms with Gasteiger partial charge in [-0.1, -0.05) is 13.8 Å². The Hall–Kier alpha value is -0.0800. The third-order valence-corrected chi connectivity index (χ3v) is 5.47. The Kier molecular flexibility index (Phi) is 7.39. The van der Waals surface area contributed by atoms with Crippen LogP contribution in [0.1, 0.15) is 40.5 Å². The van der Waals surface area contributed by atoms with Gasteiger partial charge in [0, 0.05) is 44.2 Å². The van der Waals surface area contributed by atoms with E-state index in [0.29, 0.717) is 12.0 Å². The van der Waals surface area contributed by atoms with Crippen molar-refractivity contribution < 1.29 is 9.47 Å². The molecule has 0 amide bonds. The van der Waals surface area contributed by atoms with Gasteiger partial charge in [0.05, 0.1) is 12.2 Å². The van der Waals surface area contributed by atoms with Crippen LogP contribution in [0, 0.1) is 11.3 Å². The van der Waals surface area contributed by atoms with Gasteiger partial charge in [0.2, 0.25) is 0 Å². The summed E-state index contributed by atoms with van der Waals surface area (Å²) in [5.41, 5.74) is 0.0374. The Morgan fingerprint density at radius 1 is 1.36 bits per heavy atom. The van der Waals surface area contributed by atoms with Gasteiger partial charge >= 0.3 is 0 Å². The van der Waals surface area contributed by atoms with Crippen LogP contribution in [0.5, 0.6) is 0 Å². The molecule has 2 rings (SSSR count). The normalized spacial score (nSPS) is 33.8. The lowest BCUT2D eigenvalue weighted by atomic mass is 9.56. The van der Waals surface area contributed by atoms with Crippen LogP contribution in [0.25, 0.3) is 0 Å². The van der Waals surface area contributed by atoms with Gasteiger partial charge in [-0.25, -0.2) is 0 Å².